The molecule has 2 rings (SSSR count). The first kappa shape index (κ1) is 11.8. The topological polar surface area (TPSA) is 35.0 Å². The molecule has 0 aliphatic carbocycles. The second-order valence-electron chi connectivity index (χ2n) is 3.50. The van der Waals surface area contributed by atoms with Crippen molar-refractivity contribution in [3.8, 4) is 5.88 Å². The third-order valence-electron chi connectivity index (χ3n) is 2.14. The molecular formula is C12H10ClFN2O. The van der Waals surface area contributed by atoms with Crippen molar-refractivity contribution in [2.75, 3.05) is 0 Å². The fraction of sp³-hybridized carbons (Fsp3) is 0.167. The lowest BCUT2D eigenvalue weighted by atomic mass is 10.2. The van der Waals surface area contributed by atoms with Gasteiger partial charge in [0.15, 0.2) is 0 Å². The van der Waals surface area contributed by atoms with E-state index < -0.39 is 0 Å². The van der Waals surface area contributed by atoms with Crippen molar-refractivity contribution in [3.05, 3.63) is 52.7 Å². The summed E-state index contributed by atoms with van der Waals surface area (Å²) in [6, 6.07) is 8.07. The van der Waals surface area contributed by atoms with Crippen LogP contribution in [-0.2, 0) is 6.61 Å². The minimum absolute atomic E-state index is 0.111. The van der Waals surface area contributed by atoms with Crippen LogP contribution in [0.1, 0.15) is 11.3 Å². The molecule has 1 heterocycles. The maximum Gasteiger partial charge on any atom is 0.225 e. The van der Waals surface area contributed by atoms with Crippen molar-refractivity contribution in [1.82, 2.24) is 9.97 Å². The van der Waals surface area contributed by atoms with E-state index >= 15 is 0 Å². The number of benzene rings is 1. The van der Waals surface area contributed by atoms with Crippen molar-refractivity contribution in [3.63, 3.8) is 0 Å². The standard InChI is InChI=1S/C12H10ClFN2O/c1-8-6-11(16-12(13)15-8)17-7-9-4-2-3-5-10(9)14/h2-6H,7H2,1H3. The number of nitrogens with zero attached hydrogens (tertiary/aromatic N) is 2. The van der Waals surface area contributed by atoms with Crippen LogP contribution in [0, 0.1) is 12.7 Å². The predicted molar refractivity (Wildman–Crippen MR) is 62.5 cm³/mol. The fourth-order valence-electron chi connectivity index (χ4n) is 1.35. The Morgan fingerprint density at radius 1 is 1.29 bits per heavy atom. The summed E-state index contributed by atoms with van der Waals surface area (Å²) in [5.41, 5.74) is 1.17. The van der Waals surface area contributed by atoms with Crippen LogP contribution in [0.4, 0.5) is 4.39 Å². The van der Waals surface area contributed by atoms with E-state index in [1.807, 2.05) is 0 Å². The van der Waals surface area contributed by atoms with E-state index in [9.17, 15) is 4.39 Å². The van der Waals surface area contributed by atoms with Gasteiger partial charge >= 0.3 is 0 Å². The van der Waals surface area contributed by atoms with Crippen LogP contribution < -0.4 is 4.74 Å². The number of aryl methyl sites for hydroxylation is 1. The average Bonchev–Trinajstić information content (AvgIpc) is 2.27. The molecule has 0 unspecified atom stereocenters. The number of rotatable bonds is 3. The van der Waals surface area contributed by atoms with E-state index in [1.54, 1.807) is 31.2 Å². The summed E-state index contributed by atoms with van der Waals surface area (Å²) in [7, 11) is 0. The zero-order valence-electron chi connectivity index (χ0n) is 9.15. The number of hydrogen-bond donors (Lipinski definition) is 0. The van der Waals surface area contributed by atoms with Crippen LogP contribution in [-0.4, -0.2) is 9.97 Å². The van der Waals surface area contributed by atoms with Gasteiger partial charge in [0.25, 0.3) is 0 Å². The molecule has 1 aromatic heterocycles. The summed E-state index contributed by atoms with van der Waals surface area (Å²) in [6.45, 7) is 1.89. The molecule has 3 nitrogen and oxygen atoms in total. The molecule has 0 N–H and O–H groups in total. The van der Waals surface area contributed by atoms with Crippen molar-refractivity contribution in [2.24, 2.45) is 0 Å². The van der Waals surface area contributed by atoms with Gasteiger partial charge < -0.3 is 4.74 Å². The Hall–Kier alpha value is -1.68. The van der Waals surface area contributed by atoms with E-state index in [1.165, 1.54) is 6.07 Å². The zero-order valence-corrected chi connectivity index (χ0v) is 9.91. The molecule has 2 aromatic rings. The van der Waals surface area contributed by atoms with Gasteiger partial charge in [-0.3, -0.25) is 0 Å². The molecule has 0 fully saturated rings. The van der Waals surface area contributed by atoms with Crippen molar-refractivity contribution < 1.29 is 9.13 Å². The second-order valence-corrected chi connectivity index (χ2v) is 3.83. The predicted octanol–water partition coefficient (Wildman–Crippen LogP) is 3.16. The fourth-order valence-corrected chi connectivity index (χ4v) is 1.56. The lowest BCUT2D eigenvalue weighted by molar-refractivity contribution is 0.287. The molecule has 0 bridgehead atoms. The highest BCUT2D eigenvalue weighted by molar-refractivity contribution is 6.28. The summed E-state index contributed by atoms with van der Waals surface area (Å²) < 4.78 is 18.7. The quantitative estimate of drug-likeness (QED) is 0.787. The molecule has 0 saturated carbocycles. The molecule has 17 heavy (non-hydrogen) atoms. The van der Waals surface area contributed by atoms with Gasteiger partial charge in [0.05, 0.1) is 0 Å². The molecule has 0 aliphatic rings. The number of hydrogen-bond acceptors (Lipinski definition) is 3. The van der Waals surface area contributed by atoms with Crippen LogP contribution in [0.5, 0.6) is 5.88 Å². The van der Waals surface area contributed by atoms with Gasteiger partial charge in [-0.05, 0) is 24.6 Å². The molecule has 0 radical (unpaired) electrons. The Morgan fingerprint density at radius 2 is 2.06 bits per heavy atom. The number of halogens is 2. The summed E-state index contributed by atoms with van der Waals surface area (Å²) in [5, 5.41) is 0.119. The summed E-state index contributed by atoms with van der Waals surface area (Å²) in [5.74, 6) is 0.0372. The lowest BCUT2D eigenvalue weighted by Crippen LogP contribution is -2.01. The molecule has 0 aliphatic heterocycles. The minimum Gasteiger partial charge on any atom is -0.473 e. The van der Waals surface area contributed by atoms with Gasteiger partial charge in [0, 0.05) is 17.3 Å². The maximum absolute atomic E-state index is 13.3. The Bertz CT molecular complexity index is 513. The summed E-state index contributed by atoms with van der Waals surface area (Å²) >= 11 is 5.69. The summed E-state index contributed by atoms with van der Waals surface area (Å²) in [4.78, 5) is 7.80. The van der Waals surface area contributed by atoms with Gasteiger partial charge in [0.2, 0.25) is 11.2 Å². The van der Waals surface area contributed by atoms with Gasteiger partial charge in [-0.1, -0.05) is 18.2 Å². The van der Waals surface area contributed by atoms with E-state index in [2.05, 4.69) is 9.97 Å². The third-order valence-corrected chi connectivity index (χ3v) is 2.31. The monoisotopic (exact) mass is 252 g/mol. The van der Waals surface area contributed by atoms with Crippen molar-refractivity contribution in [1.29, 1.82) is 0 Å². The molecule has 1 aromatic carbocycles. The number of aromatic nitrogens is 2. The molecule has 5 heteroatoms. The van der Waals surface area contributed by atoms with Gasteiger partial charge in [-0.25, -0.2) is 9.37 Å². The van der Waals surface area contributed by atoms with E-state index in [-0.39, 0.29) is 17.7 Å². The van der Waals surface area contributed by atoms with Gasteiger partial charge in [-0.2, -0.15) is 4.98 Å². The first-order valence-corrected chi connectivity index (χ1v) is 5.40. The van der Waals surface area contributed by atoms with E-state index in [4.69, 9.17) is 16.3 Å². The molecule has 0 spiro atoms. The Morgan fingerprint density at radius 3 is 2.76 bits per heavy atom. The second kappa shape index (κ2) is 5.10. The van der Waals surface area contributed by atoms with Gasteiger partial charge in [0.1, 0.15) is 12.4 Å². The molecule has 88 valence electrons. The zero-order chi connectivity index (χ0) is 12.3. The van der Waals surface area contributed by atoms with Crippen LogP contribution in [0.3, 0.4) is 0 Å². The third kappa shape index (κ3) is 3.14. The highest BCUT2D eigenvalue weighted by atomic mass is 35.5. The van der Waals surface area contributed by atoms with Crippen LogP contribution in [0.25, 0.3) is 0 Å². The van der Waals surface area contributed by atoms with Crippen LogP contribution >= 0.6 is 11.6 Å². The molecule has 0 atom stereocenters. The SMILES string of the molecule is Cc1cc(OCc2ccccc2F)nc(Cl)n1. The largest absolute Gasteiger partial charge is 0.473 e. The molecular weight excluding hydrogens is 243 g/mol. The Balaban J connectivity index is 2.10. The molecule has 0 saturated heterocycles. The maximum atomic E-state index is 13.3. The van der Waals surface area contributed by atoms with Crippen molar-refractivity contribution >= 4 is 11.6 Å². The molecule has 0 amide bonds. The number of ether oxygens (including phenoxy) is 1. The smallest absolute Gasteiger partial charge is 0.225 e. The Kier molecular flexibility index (Phi) is 3.54. The van der Waals surface area contributed by atoms with Crippen LogP contribution in [0.2, 0.25) is 5.28 Å². The van der Waals surface area contributed by atoms with Crippen molar-refractivity contribution in [2.45, 2.75) is 13.5 Å². The first-order valence-electron chi connectivity index (χ1n) is 5.02. The first-order chi connectivity index (χ1) is 8.15. The minimum atomic E-state index is -0.302. The van der Waals surface area contributed by atoms with E-state index in [0.717, 1.165) is 0 Å². The van der Waals surface area contributed by atoms with E-state index in [0.29, 0.717) is 17.1 Å². The highest BCUT2D eigenvalue weighted by Gasteiger charge is 2.04. The average molecular weight is 253 g/mol. The van der Waals surface area contributed by atoms with Gasteiger partial charge in [-0.15, -0.1) is 0 Å². The van der Waals surface area contributed by atoms with Crippen LogP contribution in [0.15, 0.2) is 30.3 Å². The highest BCUT2D eigenvalue weighted by Crippen LogP contribution is 2.15. The normalized spacial score (nSPS) is 10.3. The Labute approximate surface area is 103 Å². The lowest BCUT2D eigenvalue weighted by Gasteiger charge is -2.06. The summed E-state index contributed by atoms with van der Waals surface area (Å²) in [6.07, 6.45) is 0.